The number of halogens is 1. The van der Waals surface area contributed by atoms with Gasteiger partial charge in [0, 0.05) is 11.3 Å². The zero-order valence-electron chi connectivity index (χ0n) is 14.9. The van der Waals surface area contributed by atoms with Crippen LogP contribution in [-0.4, -0.2) is 25.0 Å². The highest BCUT2D eigenvalue weighted by Gasteiger charge is 2.22. The Kier molecular flexibility index (Phi) is 4.90. The number of anilines is 1. The zero-order chi connectivity index (χ0) is 18.8. The number of amides is 1. The number of carbonyl (C=O) groups is 2. The molecule has 1 saturated heterocycles. The molecule has 0 unspecified atom stereocenters. The average molecular weight is 368 g/mol. The second kappa shape index (κ2) is 7.48. The van der Waals surface area contributed by atoms with E-state index in [9.17, 15) is 14.0 Å². The molecule has 2 N–H and O–H groups in total. The number of hydrogen-bond donors (Lipinski definition) is 2. The van der Waals surface area contributed by atoms with Crippen LogP contribution in [0.4, 0.5) is 10.1 Å². The number of ether oxygens (including phenoxy) is 1. The van der Waals surface area contributed by atoms with Gasteiger partial charge in [-0.1, -0.05) is 12.1 Å². The summed E-state index contributed by atoms with van der Waals surface area (Å²) in [4.78, 5) is 24.2. The largest absolute Gasteiger partial charge is 0.457 e. The third kappa shape index (κ3) is 3.85. The van der Waals surface area contributed by atoms with Gasteiger partial charge in [-0.15, -0.1) is 0 Å². The van der Waals surface area contributed by atoms with Crippen molar-refractivity contribution in [3.8, 4) is 0 Å². The maximum atomic E-state index is 14.2. The van der Waals surface area contributed by atoms with Crippen LogP contribution in [0.1, 0.15) is 44.7 Å². The molecular weight excluding hydrogens is 347 g/mol. The predicted octanol–water partition coefficient (Wildman–Crippen LogP) is 3.29. The number of piperidine rings is 1. The Morgan fingerprint density at radius 2 is 2.00 bits per heavy atom. The molecule has 2 heterocycles. The van der Waals surface area contributed by atoms with E-state index in [1.54, 1.807) is 30.3 Å². The van der Waals surface area contributed by atoms with Gasteiger partial charge >= 0.3 is 5.97 Å². The van der Waals surface area contributed by atoms with Crippen LogP contribution in [0.15, 0.2) is 36.4 Å². The number of benzene rings is 2. The lowest BCUT2D eigenvalue weighted by atomic mass is 9.90. The lowest BCUT2D eigenvalue weighted by molar-refractivity contribution is 0.0535. The van der Waals surface area contributed by atoms with Gasteiger partial charge < -0.3 is 15.4 Å². The smallest absolute Gasteiger partial charge is 0.338 e. The molecule has 2 aromatic carbocycles. The monoisotopic (exact) mass is 368 g/mol. The van der Waals surface area contributed by atoms with E-state index in [1.165, 1.54) is 6.07 Å². The van der Waals surface area contributed by atoms with Gasteiger partial charge in [0.2, 0.25) is 0 Å². The molecule has 27 heavy (non-hydrogen) atoms. The molecule has 2 aliphatic heterocycles. The second-order valence-electron chi connectivity index (χ2n) is 7.11. The fourth-order valence-corrected chi connectivity index (χ4v) is 3.68. The van der Waals surface area contributed by atoms with Crippen LogP contribution in [-0.2, 0) is 17.8 Å². The van der Waals surface area contributed by atoms with Crippen molar-refractivity contribution >= 4 is 17.6 Å². The van der Waals surface area contributed by atoms with E-state index in [2.05, 4.69) is 10.6 Å². The molecule has 4 rings (SSSR count). The summed E-state index contributed by atoms with van der Waals surface area (Å²) in [5.74, 6) is -0.931. The van der Waals surface area contributed by atoms with E-state index < -0.39 is 17.7 Å². The summed E-state index contributed by atoms with van der Waals surface area (Å²) in [6.45, 7) is 2.25. The van der Waals surface area contributed by atoms with Crippen molar-refractivity contribution in [2.24, 2.45) is 5.92 Å². The number of esters is 1. The molecule has 1 amide bonds. The highest BCUT2D eigenvalue weighted by molar-refractivity contribution is 6.05. The summed E-state index contributed by atoms with van der Waals surface area (Å²) in [5.41, 5.74) is 2.65. The molecule has 1 fully saturated rings. The summed E-state index contributed by atoms with van der Waals surface area (Å²) < 4.78 is 19.2. The number of fused-ring (bicyclic) bond motifs is 1. The fraction of sp³-hybridized carbons (Fsp3) is 0.333. The van der Waals surface area contributed by atoms with Gasteiger partial charge in [0.25, 0.3) is 5.91 Å². The van der Waals surface area contributed by atoms with Gasteiger partial charge in [-0.3, -0.25) is 4.79 Å². The molecule has 0 spiro atoms. The summed E-state index contributed by atoms with van der Waals surface area (Å²) in [6, 6.07) is 9.73. The number of cyclic esters (lactones) is 1. The Bertz CT molecular complexity index is 891. The standard InChI is InChI=1S/C21H21FN2O3/c22-19-4-1-14(9-13-5-7-23-8-6-13)10-18(19)20(25)24-16-3-2-15-12-27-21(26)17(15)11-16/h1-4,10-11,13,23H,5-9,12H2,(H,24,25). The van der Waals surface area contributed by atoms with Crippen molar-refractivity contribution in [1.82, 2.24) is 5.32 Å². The van der Waals surface area contributed by atoms with Gasteiger partial charge in [-0.2, -0.15) is 0 Å². The topological polar surface area (TPSA) is 67.4 Å². The quantitative estimate of drug-likeness (QED) is 0.813. The number of nitrogens with one attached hydrogen (secondary N) is 2. The lowest BCUT2D eigenvalue weighted by Gasteiger charge is -2.22. The number of hydrogen-bond acceptors (Lipinski definition) is 4. The summed E-state index contributed by atoms with van der Waals surface area (Å²) >= 11 is 0. The van der Waals surface area contributed by atoms with Gasteiger partial charge in [-0.25, -0.2) is 9.18 Å². The van der Waals surface area contributed by atoms with Crippen LogP contribution in [0.3, 0.4) is 0 Å². The Morgan fingerprint density at radius 3 is 2.81 bits per heavy atom. The lowest BCUT2D eigenvalue weighted by Crippen LogP contribution is -2.28. The van der Waals surface area contributed by atoms with Gasteiger partial charge in [0.15, 0.2) is 0 Å². The molecular formula is C21H21FN2O3. The van der Waals surface area contributed by atoms with E-state index in [0.717, 1.165) is 43.5 Å². The van der Waals surface area contributed by atoms with Crippen LogP contribution in [0, 0.1) is 11.7 Å². The molecule has 2 aliphatic rings. The van der Waals surface area contributed by atoms with Crippen molar-refractivity contribution in [1.29, 1.82) is 0 Å². The van der Waals surface area contributed by atoms with Crippen LogP contribution >= 0.6 is 0 Å². The minimum absolute atomic E-state index is 0.0181. The van der Waals surface area contributed by atoms with Crippen LogP contribution in [0.2, 0.25) is 0 Å². The summed E-state index contributed by atoms with van der Waals surface area (Å²) in [7, 11) is 0. The maximum Gasteiger partial charge on any atom is 0.338 e. The van der Waals surface area contributed by atoms with Crippen LogP contribution in [0.5, 0.6) is 0 Å². The highest BCUT2D eigenvalue weighted by atomic mass is 19.1. The minimum atomic E-state index is -0.554. The second-order valence-corrected chi connectivity index (χ2v) is 7.11. The molecule has 0 saturated carbocycles. The molecule has 2 aromatic rings. The Hall–Kier alpha value is -2.73. The van der Waals surface area contributed by atoms with Gasteiger partial charge in [0.1, 0.15) is 12.4 Å². The van der Waals surface area contributed by atoms with Crippen molar-refractivity contribution in [2.75, 3.05) is 18.4 Å². The first-order chi connectivity index (χ1) is 13.1. The van der Waals surface area contributed by atoms with Crippen LogP contribution < -0.4 is 10.6 Å². The Balaban J connectivity index is 1.50. The third-order valence-electron chi connectivity index (χ3n) is 5.20. The summed E-state index contributed by atoms with van der Waals surface area (Å²) in [6.07, 6.45) is 3.02. The molecule has 140 valence electrons. The van der Waals surface area contributed by atoms with Crippen molar-refractivity contribution in [2.45, 2.75) is 25.9 Å². The Labute approximate surface area is 156 Å². The molecule has 6 heteroatoms. The number of carbonyl (C=O) groups excluding carboxylic acids is 2. The van der Waals surface area contributed by atoms with Gasteiger partial charge in [0.05, 0.1) is 11.1 Å². The van der Waals surface area contributed by atoms with E-state index in [4.69, 9.17) is 4.74 Å². The van der Waals surface area contributed by atoms with E-state index in [-0.39, 0.29) is 12.2 Å². The molecule has 0 atom stereocenters. The number of rotatable bonds is 4. The van der Waals surface area contributed by atoms with Crippen molar-refractivity contribution in [3.05, 3.63) is 64.5 Å². The van der Waals surface area contributed by atoms with E-state index in [1.807, 2.05) is 0 Å². The van der Waals surface area contributed by atoms with E-state index in [0.29, 0.717) is 17.2 Å². The third-order valence-corrected chi connectivity index (χ3v) is 5.20. The molecule has 0 radical (unpaired) electrons. The summed E-state index contributed by atoms with van der Waals surface area (Å²) in [5, 5.41) is 6.01. The van der Waals surface area contributed by atoms with Crippen molar-refractivity contribution in [3.63, 3.8) is 0 Å². The Morgan fingerprint density at radius 1 is 1.19 bits per heavy atom. The highest BCUT2D eigenvalue weighted by Crippen LogP contribution is 2.24. The maximum absolute atomic E-state index is 14.2. The van der Waals surface area contributed by atoms with Crippen LogP contribution in [0.25, 0.3) is 0 Å². The molecule has 0 aliphatic carbocycles. The zero-order valence-corrected chi connectivity index (χ0v) is 14.9. The first-order valence-electron chi connectivity index (χ1n) is 9.21. The average Bonchev–Trinajstić information content (AvgIpc) is 3.04. The fourth-order valence-electron chi connectivity index (χ4n) is 3.68. The van der Waals surface area contributed by atoms with E-state index >= 15 is 0 Å². The van der Waals surface area contributed by atoms with Gasteiger partial charge in [-0.05, 0) is 68.1 Å². The molecule has 5 nitrogen and oxygen atoms in total. The molecule has 0 bridgehead atoms. The normalized spacial score (nSPS) is 16.7. The van der Waals surface area contributed by atoms with Crippen molar-refractivity contribution < 1.29 is 18.7 Å². The first kappa shape index (κ1) is 17.7. The first-order valence-corrected chi connectivity index (χ1v) is 9.21. The predicted molar refractivity (Wildman–Crippen MR) is 99.2 cm³/mol. The molecule has 0 aromatic heterocycles. The minimum Gasteiger partial charge on any atom is -0.457 e. The SMILES string of the molecule is O=C(Nc1ccc2c(c1)C(=O)OC2)c1cc(CC2CCNCC2)ccc1F.